The Labute approximate surface area is 131 Å². The van der Waals surface area contributed by atoms with Crippen LogP contribution in [-0.2, 0) is 4.74 Å². The van der Waals surface area contributed by atoms with Crippen LogP contribution in [0.5, 0.6) is 6.01 Å². The molecule has 120 valence electrons. The first kappa shape index (κ1) is 15.2. The highest BCUT2D eigenvalue weighted by atomic mass is 19.1. The topological polar surface area (TPSA) is 90.6 Å². The molecule has 1 aliphatic rings. The molecule has 1 aliphatic heterocycles. The number of benzene rings is 1. The number of amides is 1. The van der Waals surface area contributed by atoms with Crippen LogP contribution in [0, 0.1) is 5.82 Å². The zero-order valence-corrected chi connectivity index (χ0v) is 12.4. The minimum absolute atomic E-state index is 0.207. The van der Waals surface area contributed by atoms with Crippen molar-refractivity contribution < 1.29 is 18.7 Å². The molecule has 3 rings (SSSR count). The Kier molecular flexibility index (Phi) is 4.07. The fraction of sp³-hybridized carbons (Fsp3) is 0.267. The van der Waals surface area contributed by atoms with Crippen LogP contribution in [-0.4, -0.2) is 42.4 Å². The number of carbonyl (C=O) groups excluding carboxylic acids is 1. The average molecular weight is 318 g/mol. The Balaban J connectivity index is 1.87. The summed E-state index contributed by atoms with van der Waals surface area (Å²) in [6.45, 7) is 0.533. The lowest BCUT2D eigenvalue weighted by Gasteiger charge is -2.14. The summed E-state index contributed by atoms with van der Waals surface area (Å²) in [6.07, 6.45) is 2.04. The number of ether oxygens (including phenoxy) is 2. The van der Waals surface area contributed by atoms with Crippen molar-refractivity contribution in [3.05, 3.63) is 36.4 Å². The second-order valence-electron chi connectivity index (χ2n) is 4.97. The Bertz CT molecular complexity index is 723. The average Bonchev–Trinajstić information content (AvgIpc) is 2.96. The van der Waals surface area contributed by atoms with Crippen LogP contribution >= 0.6 is 0 Å². The quantitative estimate of drug-likeness (QED) is 0.920. The van der Waals surface area contributed by atoms with Gasteiger partial charge in [-0.1, -0.05) is 0 Å². The van der Waals surface area contributed by atoms with Gasteiger partial charge in [0.1, 0.15) is 11.9 Å². The van der Waals surface area contributed by atoms with E-state index in [1.807, 2.05) is 0 Å². The van der Waals surface area contributed by atoms with Crippen molar-refractivity contribution in [3.8, 4) is 17.1 Å². The molecule has 0 saturated carbocycles. The van der Waals surface area contributed by atoms with E-state index in [1.54, 1.807) is 12.1 Å². The summed E-state index contributed by atoms with van der Waals surface area (Å²) in [7, 11) is 1.45. The predicted molar refractivity (Wildman–Crippen MR) is 80.6 cm³/mol. The van der Waals surface area contributed by atoms with Gasteiger partial charge in [0.15, 0.2) is 0 Å². The molecule has 1 fully saturated rings. The van der Waals surface area contributed by atoms with Crippen molar-refractivity contribution in [3.63, 3.8) is 0 Å². The summed E-state index contributed by atoms with van der Waals surface area (Å²) < 4.78 is 24.3. The molecule has 1 aromatic heterocycles. The molecule has 0 radical (unpaired) electrons. The van der Waals surface area contributed by atoms with Gasteiger partial charge in [-0.15, -0.1) is 0 Å². The Morgan fingerprint density at radius 2 is 2.17 bits per heavy atom. The van der Waals surface area contributed by atoms with Crippen molar-refractivity contribution in [1.29, 1.82) is 0 Å². The van der Waals surface area contributed by atoms with Gasteiger partial charge in [-0.3, -0.25) is 4.90 Å². The second-order valence-corrected chi connectivity index (χ2v) is 4.97. The number of halogens is 1. The number of carbonyl (C=O) groups is 1. The SMILES string of the molecule is COc1ncc(-c2ccc(N3CC(CN)OC3=O)cc2F)cn1. The summed E-state index contributed by atoms with van der Waals surface area (Å²) in [6, 6.07) is 4.69. The zero-order chi connectivity index (χ0) is 16.4. The highest BCUT2D eigenvalue weighted by Crippen LogP contribution is 2.28. The van der Waals surface area contributed by atoms with Crippen molar-refractivity contribution in [2.75, 3.05) is 25.1 Å². The summed E-state index contributed by atoms with van der Waals surface area (Å²) in [4.78, 5) is 21.0. The van der Waals surface area contributed by atoms with Crippen LogP contribution in [0.4, 0.5) is 14.9 Å². The van der Waals surface area contributed by atoms with Crippen LogP contribution in [0.1, 0.15) is 0 Å². The number of nitrogens with zero attached hydrogens (tertiary/aromatic N) is 3. The maximum absolute atomic E-state index is 14.4. The monoisotopic (exact) mass is 318 g/mol. The van der Waals surface area contributed by atoms with E-state index in [2.05, 4.69) is 9.97 Å². The minimum Gasteiger partial charge on any atom is -0.467 e. The minimum atomic E-state index is -0.527. The van der Waals surface area contributed by atoms with Crippen molar-refractivity contribution in [1.82, 2.24) is 9.97 Å². The summed E-state index contributed by atoms with van der Waals surface area (Å²) in [5.41, 5.74) is 6.75. The molecule has 1 unspecified atom stereocenters. The normalized spacial score (nSPS) is 17.3. The first-order chi connectivity index (χ1) is 11.1. The van der Waals surface area contributed by atoms with Gasteiger partial charge >= 0.3 is 12.1 Å². The smallest absolute Gasteiger partial charge is 0.414 e. The first-order valence-electron chi connectivity index (χ1n) is 6.96. The Morgan fingerprint density at radius 1 is 1.43 bits per heavy atom. The van der Waals surface area contributed by atoms with E-state index >= 15 is 0 Å². The van der Waals surface area contributed by atoms with E-state index in [9.17, 15) is 9.18 Å². The third-order valence-corrected chi connectivity index (χ3v) is 3.52. The largest absolute Gasteiger partial charge is 0.467 e. The predicted octanol–water partition coefficient (Wildman–Crippen LogP) is 1.58. The number of cyclic esters (lactones) is 1. The molecule has 8 heteroatoms. The number of hydrogen-bond acceptors (Lipinski definition) is 6. The van der Waals surface area contributed by atoms with E-state index in [4.69, 9.17) is 15.2 Å². The van der Waals surface area contributed by atoms with Gasteiger partial charge in [0.05, 0.1) is 19.3 Å². The molecule has 0 aliphatic carbocycles. The zero-order valence-electron chi connectivity index (χ0n) is 12.4. The van der Waals surface area contributed by atoms with E-state index in [-0.39, 0.29) is 18.7 Å². The molecule has 0 bridgehead atoms. The molecule has 1 aromatic carbocycles. The van der Waals surface area contributed by atoms with E-state index < -0.39 is 11.9 Å². The molecule has 1 amide bonds. The molecule has 0 spiro atoms. The standard InChI is InChI=1S/C15H15FN4O3/c1-22-14-18-6-9(7-19-14)12-3-2-10(4-13(12)16)20-8-11(5-17)23-15(20)21/h2-4,6-7,11H,5,8,17H2,1H3. The van der Waals surface area contributed by atoms with Crippen LogP contribution in [0.15, 0.2) is 30.6 Å². The molecule has 23 heavy (non-hydrogen) atoms. The molecule has 2 aromatic rings. The summed E-state index contributed by atoms with van der Waals surface area (Å²) in [5, 5.41) is 0. The molecule has 7 nitrogen and oxygen atoms in total. The summed E-state index contributed by atoms with van der Waals surface area (Å²) >= 11 is 0. The van der Waals surface area contributed by atoms with Crippen molar-refractivity contribution in [2.45, 2.75) is 6.10 Å². The van der Waals surface area contributed by atoms with Crippen LogP contribution in [0.2, 0.25) is 0 Å². The van der Waals surface area contributed by atoms with Crippen LogP contribution < -0.4 is 15.4 Å². The lowest BCUT2D eigenvalue weighted by molar-refractivity contribution is 0.145. The van der Waals surface area contributed by atoms with Gasteiger partial charge in [-0.05, 0) is 18.2 Å². The number of hydrogen-bond donors (Lipinski definition) is 1. The lowest BCUT2D eigenvalue weighted by atomic mass is 10.1. The number of nitrogens with two attached hydrogens (primary N) is 1. The highest BCUT2D eigenvalue weighted by Gasteiger charge is 2.31. The van der Waals surface area contributed by atoms with E-state index in [1.165, 1.54) is 30.5 Å². The lowest BCUT2D eigenvalue weighted by Crippen LogP contribution is -2.27. The maximum atomic E-state index is 14.4. The summed E-state index contributed by atoms with van der Waals surface area (Å²) in [5.74, 6) is -0.486. The van der Waals surface area contributed by atoms with Crippen LogP contribution in [0.25, 0.3) is 11.1 Å². The number of aromatic nitrogens is 2. The molecule has 1 saturated heterocycles. The molecule has 2 N–H and O–H groups in total. The third kappa shape index (κ3) is 2.93. The first-order valence-corrected chi connectivity index (χ1v) is 6.96. The van der Waals surface area contributed by atoms with Crippen molar-refractivity contribution in [2.24, 2.45) is 5.73 Å². The van der Waals surface area contributed by atoms with Gasteiger partial charge in [0, 0.05) is 30.1 Å². The highest BCUT2D eigenvalue weighted by molar-refractivity contribution is 5.90. The maximum Gasteiger partial charge on any atom is 0.414 e. The number of anilines is 1. The fourth-order valence-corrected chi connectivity index (χ4v) is 2.32. The molecular weight excluding hydrogens is 303 g/mol. The van der Waals surface area contributed by atoms with Gasteiger partial charge in [0.25, 0.3) is 0 Å². The van der Waals surface area contributed by atoms with Gasteiger partial charge in [0.2, 0.25) is 0 Å². The number of methoxy groups -OCH3 is 1. The second kappa shape index (κ2) is 6.17. The van der Waals surface area contributed by atoms with Gasteiger partial charge in [-0.25, -0.2) is 19.2 Å². The number of rotatable bonds is 4. The fourth-order valence-electron chi connectivity index (χ4n) is 2.32. The third-order valence-electron chi connectivity index (χ3n) is 3.52. The van der Waals surface area contributed by atoms with Crippen LogP contribution in [0.3, 0.4) is 0 Å². The molecule has 1 atom stereocenters. The molecule has 2 heterocycles. The van der Waals surface area contributed by atoms with Gasteiger partial charge < -0.3 is 15.2 Å². The Hall–Kier alpha value is -2.74. The molecular formula is C15H15FN4O3. The van der Waals surface area contributed by atoms with Crippen molar-refractivity contribution >= 4 is 11.8 Å². The Morgan fingerprint density at radius 3 is 2.74 bits per heavy atom. The van der Waals surface area contributed by atoms with E-state index in [0.29, 0.717) is 23.4 Å². The van der Waals surface area contributed by atoms with Gasteiger partial charge in [-0.2, -0.15) is 0 Å². The van der Waals surface area contributed by atoms with E-state index in [0.717, 1.165) is 0 Å².